The van der Waals surface area contributed by atoms with E-state index in [1.165, 1.54) is 6.92 Å². The minimum Gasteiger partial charge on any atom is -0.461 e. The number of alkyl halides is 6. The van der Waals surface area contributed by atoms with Crippen molar-refractivity contribution in [3.8, 4) is 5.69 Å². The van der Waals surface area contributed by atoms with Crippen molar-refractivity contribution in [1.29, 1.82) is 0 Å². The van der Waals surface area contributed by atoms with Crippen molar-refractivity contribution >= 4 is 45.8 Å². The van der Waals surface area contributed by atoms with E-state index in [1.807, 2.05) is 0 Å². The average molecular weight is 484 g/mol. The fraction of sp³-hybridized carbons (Fsp3) is 0.286. The van der Waals surface area contributed by atoms with Crippen molar-refractivity contribution in [2.75, 3.05) is 12.3 Å². The minimum atomic E-state index is -5.32. The SMILES string of the molecule is CCOC(=O)c1nn(-c2c(Cl)cc(C(F)(F)F)cc2Cl)c(N)c1S(=O)C(F)(F)F. The van der Waals surface area contributed by atoms with Gasteiger partial charge in [0.1, 0.15) is 16.4 Å². The number of anilines is 1. The molecule has 0 saturated carbocycles. The number of aromatic nitrogens is 2. The molecular weight excluding hydrogens is 475 g/mol. The van der Waals surface area contributed by atoms with Gasteiger partial charge in [0, 0.05) is 0 Å². The molecule has 1 aromatic heterocycles. The molecule has 160 valence electrons. The summed E-state index contributed by atoms with van der Waals surface area (Å²) in [6.07, 6.45) is -4.82. The van der Waals surface area contributed by atoms with Crippen LogP contribution in [0.1, 0.15) is 23.0 Å². The summed E-state index contributed by atoms with van der Waals surface area (Å²) < 4.78 is 94.3. The van der Waals surface area contributed by atoms with Crippen LogP contribution in [0.4, 0.5) is 32.2 Å². The molecule has 1 atom stereocenters. The van der Waals surface area contributed by atoms with Gasteiger partial charge in [-0.05, 0) is 19.1 Å². The third-order valence-electron chi connectivity index (χ3n) is 3.30. The highest BCUT2D eigenvalue weighted by Gasteiger charge is 2.44. The fourth-order valence-electron chi connectivity index (χ4n) is 2.15. The maximum absolute atomic E-state index is 13.0. The van der Waals surface area contributed by atoms with Gasteiger partial charge >= 0.3 is 17.7 Å². The number of carbonyl (C=O) groups is 1. The van der Waals surface area contributed by atoms with Gasteiger partial charge in [-0.3, -0.25) is 0 Å². The largest absolute Gasteiger partial charge is 0.476 e. The summed E-state index contributed by atoms with van der Waals surface area (Å²) in [5, 5.41) is 2.16. The molecule has 0 radical (unpaired) electrons. The average Bonchev–Trinajstić information content (AvgIpc) is 2.89. The quantitative estimate of drug-likeness (QED) is 0.507. The standard InChI is InChI=1S/C14H9Cl2F6N3O3S/c1-2-28-12(26)8-10(29(27)14(20,21)22)11(23)25(24-8)9-6(15)3-5(4-7(9)16)13(17,18)19/h3-4H,2,23H2,1H3. The maximum Gasteiger partial charge on any atom is 0.476 e. The van der Waals surface area contributed by atoms with Crippen LogP contribution in [0.5, 0.6) is 0 Å². The molecule has 29 heavy (non-hydrogen) atoms. The fourth-order valence-corrected chi connectivity index (χ4v) is 3.61. The van der Waals surface area contributed by atoms with E-state index in [2.05, 4.69) is 9.84 Å². The second kappa shape index (κ2) is 8.03. The molecule has 0 aliphatic rings. The third-order valence-corrected chi connectivity index (χ3v) is 5.07. The molecule has 0 amide bonds. The second-order valence-corrected chi connectivity index (χ2v) is 7.42. The van der Waals surface area contributed by atoms with Crippen LogP contribution < -0.4 is 5.73 Å². The van der Waals surface area contributed by atoms with Crippen LogP contribution in [0.3, 0.4) is 0 Å². The summed E-state index contributed by atoms with van der Waals surface area (Å²) in [6.45, 7) is 1.09. The Bertz CT molecular complexity index is 967. The lowest BCUT2D eigenvalue weighted by molar-refractivity contribution is -0.137. The van der Waals surface area contributed by atoms with Gasteiger partial charge in [-0.15, -0.1) is 0 Å². The van der Waals surface area contributed by atoms with Crippen molar-refractivity contribution < 1.29 is 40.1 Å². The number of carbonyl (C=O) groups excluding carboxylic acids is 1. The van der Waals surface area contributed by atoms with E-state index in [9.17, 15) is 35.3 Å². The van der Waals surface area contributed by atoms with Gasteiger partial charge in [-0.1, -0.05) is 23.2 Å². The van der Waals surface area contributed by atoms with Gasteiger partial charge in [0.25, 0.3) is 0 Å². The summed E-state index contributed by atoms with van der Waals surface area (Å²) in [6, 6.07) is 0.878. The number of halogens is 8. The van der Waals surface area contributed by atoms with E-state index in [0.29, 0.717) is 16.8 Å². The molecule has 0 fully saturated rings. The Kier molecular flexibility index (Phi) is 6.45. The number of nitrogen functional groups attached to an aromatic ring is 1. The predicted octanol–water partition coefficient (Wildman–Crippen LogP) is 4.58. The number of ether oxygens (including phenoxy) is 1. The molecule has 1 heterocycles. The predicted molar refractivity (Wildman–Crippen MR) is 91.4 cm³/mol. The molecule has 6 nitrogen and oxygen atoms in total. The molecule has 0 aliphatic heterocycles. The lowest BCUT2D eigenvalue weighted by Crippen LogP contribution is -2.20. The zero-order chi connectivity index (χ0) is 22.3. The molecule has 0 saturated heterocycles. The highest BCUT2D eigenvalue weighted by Crippen LogP contribution is 2.40. The second-order valence-electron chi connectivity index (χ2n) is 5.20. The number of nitrogens with zero attached hydrogens (tertiary/aromatic N) is 2. The molecule has 15 heteroatoms. The zero-order valence-corrected chi connectivity index (χ0v) is 16.3. The maximum atomic E-state index is 13.0. The van der Waals surface area contributed by atoms with E-state index >= 15 is 0 Å². The third kappa shape index (κ3) is 4.61. The Morgan fingerprint density at radius 3 is 2.14 bits per heavy atom. The molecule has 0 bridgehead atoms. The first-order valence-corrected chi connectivity index (χ1v) is 9.21. The van der Waals surface area contributed by atoms with E-state index in [1.54, 1.807) is 0 Å². The molecule has 0 aliphatic carbocycles. The van der Waals surface area contributed by atoms with Gasteiger partial charge < -0.3 is 10.5 Å². The van der Waals surface area contributed by atoms with Crippen LogP contribution in [0.2, 0.25) is 10.0 Å². The lowest BCUT2D eigenvalue weighted by atomic mass is 10.2. The van der Waals surface area contributed by atoms with Crippen LogP contribution >= 0.6 is 23.2 Å². The highest BCUT2D eigenvalue weighted by atomic mass is 35.5. The van der Waals surface area contributed by atoms with E-state index < -0.39 is 66.2 Å². The van der Waals surface area contributed by atoms with E-state index in [4.69, 9.17) is 28.9 Å². The Labute approximate surface area is 171 Å². The molecular formula is C14H9Cl2F6N3O3S. The summed E-state index contributed by atoms with van der Waals surface area (Å²) in [5.74, 6) is -2.35. The number of hydrogen-bond donors (Lipinski definition) is 1. The molecule has 1 aromatic carbocycles. The van der Waals surface area contributed by atoms with Gasteiger partial charge in [0.2, 0.25) is 0 Å². The van der Waals surface area contributed by atoms with Crippen LogP contribution in [-0.2, 0) is 21.7 Å². The van der Waals surface area contributed by atoms with Gasteiger partial charge in [0.15, 0.2) is 16.5 Å². The summed E-state index contributed by atoms with van der Waals surface area (Å²) in [7, 11) is -3.81. The van der Waals surface area contributed by atoms with Crippen LogP contribution in [0, 0.1) is 0 Å². The normalized spacial score (nSPS) is 13.4. The van der Waals surface area contributed by atoms with Crippen molar-refractivity contribution in [1.82, 2.24) is 9.78 Å². The molecule has 1 unspecified atom stereocenters. The smallest absolute Gasteiger partial charge is 0.461 e. The van der Waals surface area contributed by atoms with Gasteiger partial charge in [0.05, 0.1) is 22.2 Å². The summed E-state index contributed by atoms with van der Waals surface area (Å²) >= 11 is 11.6. The Morgan fingerprint density at radius 1 is 1.21 bits per heavy atom. The first kappa shape index (κ1) is 23.3. The topological polar surface area (TPSA) is 87.2 Å². The number of nitrogens with two attached hydrogens (primary N) is 1. The Hall–Kier alpha value is -1.99. The number of hydrogen-bond acceptors (Lipinski definition) is 5. The molecule has 0 spiro atoms. The first-order valence-electron chi connectivity index (χ1n) is 7.30. The van der Waals surface area contributed by atoms with Crippen LogP contribution in [0.15, 0.2) is 17.0 Å². The van der Waals surface area contributed by atoms with Crippen LogP contribution in [0.25, 0.3) is 5.69 Å². The van der Waals surface area contributed by atoms with Crippen molar-refractivity contribution in [2.45, 2.75) is 23.5 Å². The number of rotatable bonds is 4. The van der Waals surface area contributed by atoms with Crippen molar-refractivity contribution in [2.24, 2.45) is 0 Å². The summed E-state index contributed by atoms with van der Waals surface area (Å²) in [5.41, 5.74) is -2.57. The Morgan fingerprint density at radius 2 is 1.72 bits per heavy atom. The highest BCUT2D eigenvalue weighted by molar-refractivity contribution is 7.86. The first-order chi connectivity index (χ1) is 13.2. The monoisotopic (exact) mass is 483 g/mol. The van der Waals surface area contributed by atoms with Crippen LogP contribution in [-0.4, -0.2) is 32.1 Å². The number of benzene rings is 1. The zero-order valence-electron chi connectivity index (χ0n) is 14.0. The number of esters is 1. The van der Waals surface area contributed by atoms with Gasteiger partial charge in [-0.25, -0.2) is 13.7 Å². The lowest BCUT2D eigenvalue weighted by Gasteiger charge is -2.13. The van der Waals surface area contributed by atoms with Gasteiger partial charge in [-0.2, -0.15) is 31.4 Å². The van der Waals surface area contributed by atoms with E-state index in [0.717, 1.165) is 0 Å². The molecule has 2 N–H and O–H groups in total. The van der Waals surface area contributed by atoms with Crippen molar-refractivity contribution in [3.05, 3.63) is 33.4 Å². The van der Waals surface area contributed by atoms with Crippen molar-refractivity contribution in [3.63, 3.8) is 0 Å². The minimum absolute atomic E-state index is 0.258. The summed E-state index contributed by atoms with van der Waals surface area (Å²) in [4.78, 5) is 10.7. The molecule has 2 aromatic rings. The van der Waals surface area contributed by atoms with E-state index in [-0.39, 0.29) is 6.61 Å². The molecule has 2 rings (SSSR count). The Balaban J connectivity index is 2.79.